The predicted octanol–water partition coefficient (Wildman–Crippen LogP) is 3.24. The van der Waals surface area contributed by atoms with Crippen molar-refractivity contribution in [2.75, 3.05) is 18.5 Å². The first-order valence-electron chi connectivity index (χ1n) is 7.99. The molecule has 0 spiro atoms. The van der Waals surface area contributed by atoms with Crippen LogP contribution in [0.2, 0.25) is 0 Å². The minimum absolute atomic E-state index is 0.0469. The SMILES string of the molecule is CCNC(C)c1c(F)cccc1N(C)C1CCCCC1O. The molecule has 3 atom stereocenters. The standard InChI is InChI=1S/C17H27FN2O/c1-4-19-12(2)17-13(18)8-7-10-15(17)20(3)14-9-5-6-11-16(14)21/h7-8,10,12,14,16,19,21H,4-6,9,11H2,1-3H3. The molecule has 0 radical (unpaired) electrons. The van der Waals surface area contributed by atoms with Crippen LogP contribution in [-0.2, 0) is 0 Å². The van der Waals surface area contributed by atoms with Gasteiger partial charge in [0.1, 0.15) is 5.82 Å². The molecule has 3 nitrogen and oxygen atoms in total. The highest BCUT2D eigenvalue weighted by molar-refractivity contribution is 5.56. The number of hydrogen-bond acceptors (Lipinski definition) is 3. The normalized spacial score (nSPS) is 23.9. The van der Waals surface area contributed by atoms with E-state index < -0.39 is 0 Å². The molecule has 21 heavy (non-hydrogen) atoms. The second-order valence-corrected chi connectivity index (χ2v) is 5.98. The van der Waals surface area contributed by atoms with Crippen molar-refractivity contribution in [3.8, 4) is 0 Å². The van der Waals surface area contributed by atoms with Gasteiger partial charge in [0.15, 0.2) is 0 Å². The monoisotopic (exact) mass is 294 g/mol. The van der Waals surface area contributed by atoms with Gasteiger partial charge in [-0.1, -0.05) is 25.8 Å². The zero-order valence-corrected chi connectivity index (χ0v) is 13.3. The van der Waals surface area contributed by atoms with Crippen molar-refractivity contribution in [2.24, 2.45) is 0 Å². The predicted molar refractivity (Wildman–Crippen MR) is 85.2 cm³/mol. The first kappa shape index (κ1) is 16.2. The van der Waals surface area contributed by atoms with Crippen LogP contribution in [0.4, 0.5) is 10.1 Å². The van der Waals surface area contributed by atoms with E-state index in [2.05, 4.69) is 10.2 Å². The fourth-order valence-corrected chi connectivity index (χ4v) is 3.39. The van der Waals surface area contributed by atoms with Gasteiger partial charge in [-0.2, -0.15) is 0 Å². The van der Waals surface area contributed by atoms with Gasteiger partial charge in [-0.05, 0) is 38.4 Å². The fraction of sp³-hybridized carbons (Fsp3) is 0.647. The Balaban J connectivity index is 2.31. The Kier molecular flexibility index (Phi) is 5.59. The van der Waals surface area contributed by atoms with E-state index in [0.29, 0.717) is 5.56 Å². The third-order valence-electron chi connectivity index (χ3n) is 4.54. The largest absolute Gasteiger partial charge is 0.391 e. The first-order valence-corrected chi connectivity index (χ1v) is 7.99. The summed E-state index contributed by atoms with van der Waals surface area (Å²) in [4.78, 5) is 2.07. The maximum atomic E-state index is 14.3. The summed E-state index contributed by atoms with van der Waals surface area (Å²) >= 11 is 0. The molecule has 1 aliphatic carbocycles. The number of aliphatic hydroxyl groups is 1. The summed E-state index contributed by atoms with van der Waals surface area (Å²) in [5.41, 5.74) is 1.58. The number of hydrogen-bond donors (Lipinski definition) is 2. The van der Waals surface area contributed by atoms with Gasteiger partial charge in [-0.15, -0.1) is 0 Å². The Morgan fingerprint density at radius 3 is 2.76 bits per heavy atom. The highest BCUT2D eigenvalue weighted by Gasteiger charge is 2.29. The fourth-order valence-electron chi connectivity index (χ4n) is 3.39. The maximum absolute atomic E-state index is 14.3. The van der Waals surface area contributed by atoms with Crippen LogP contribution < -0.4 is 10.2 Å². The summed E-state index contributed by atoms with van der Waals surface area (Å²) < 4.78 is 14.3. The Morgan fingerprint density at radius 2 is 2.10 bits per heavy atom. The summed E-state index contributed by atoms with van der Waals surface area (Å²) in [5.74, 6) is -0.182. The van der Waals surface area contributed by atoms with Gasteiger partial charge in [-0.25, -0.2) is 4.39 Å². The molecule has 1 aromatic carbocycles. The molecule has 2 N–H and O–H groups in total. The van der Waals surface area contributed by atoms with E-state index >= 15 is 0 Å². The number of anilines is 1. The lowest BCUT2D eigenvalue weighted by atomic mass is 9.90. The van der Waals surface area contributed by atoms with Crippen molar-refractivity contribution in [2.45, 2.75) is 57.7 Å². The molecule has 118 valence electrons. The molecule has 1 aliphatic rings. The zero-order chi connectivity index (χ0) is 15.4. The molecule has 1 fully saturated rings. The summed E-state index contributed by atoms with van der Waals surface area (Å²) in [6, 6.07) is 5.24. The van der Waals surface area contributed by atoms with Crippen LogP contribution in [-0.4, -0.2) is 30.8 Å². The second-order valence-electron chi connectivity index (χ2n) is 5.98. The molecule has 0 amide bonds. The van der Waals surface area contributed by atoms with E-state index in [9.17, 15) is 9.50 Å². The molecule has 1 saturated carbocycles. The van der Waals surface area contributed by atoms with E-state index in [1.54, 1.807) is 6.07 Å². The van der Waals surface area contributed by atoms with Crippen molar-refractivity contribution in [3.63, 3.8) is 0 Å². The lowest BCUT2D eigenvalue weighted by molar-refractivity contribution is 0.106. The number of benzene rings is 1. The average Bonchev–Trinajstić information content (AvgIpc) is 2.47. The van der Waals surface area contributed by atoms with Gasteiger partial charge in [-0.3, -0.25) is 0 Å². The summed E-state index contributed by atoms with van der Waals surface area (Å²) in [7, 11) is 1.97. The van der Waals surface area contributed by atoms with E-state index in [0.717, 1.165) is 37.9 Å². The van der Waals surface area contributed by atoms with Crippen LogP contribution in [0.25, 0.3) is 0 Å². The molecule has 2 rings (SSSR count). The van der Waals surface area contributed by atoms with Crippen molar-refractivity contribution in [1.29, 1.82) is 0 Å². The molecular formula is C17H27FN2O. The van der Waals surface area contributed by atoms with Gasteiger partial charge in [0.25, 0.3) is 0 Å². The third-order valence-corrected chi connectivity index (χ3v) is 4.54. The smallest absolute Gasteiger partial charge is 0.130 e. The van der Waals surface area contributed by atoms with Crippen LogP contribution >= 0.6 is 0 Å². The minimum Gasteiger partial charge on any atom is -0.391 e. The highest BCUT2D eigenvalue weighted by Crippen LogP contribution is 2.33. The third kappa shape index (κ3) is 3.55. The summed E-state index contributed by atoms with van der Waals surface area (Å²) in [5, 5.41) is 13.5. The van der Waals surface area contributed by atoms with Crippen molar-refractivity contribution < 1.29 is 9.50 Å². The molecule has 0 bridgehead atoms. The molecular weight excluding hydrogens is 267 g/mol. The summed E-state index contributed by atoms with van der Waals surface area (Å²) in [6.07, 6.45) is 3.68. The van der Waals surface area contributed by atoms with Crippen molar-refractivity contribution >= 4 is 5.69 Å². The number of likely N-dealkylation sites (N-methyl/N-ethyl adjacent to an activating group) is 1. The Morgan fingerprint density at radius 1 is 1.38 bits per heavy atom. The molecule has 0 aliphatic heterocycles. The quantitative estimate of drug-likeness (QED) is 0.875. The molecule has 1 aromatic rings. The number of aliphatic hydroxyl groups excluding tert-OH is 1. The maximum Gasteiger partial charge on any atom is 0.130 e. The van der Waals surface area contributed by atoms with Gasteiger partial charge in [0, 0.05) is 24.3 Å². The van der Waals surface area contributed by atoms with E-state index in [1.165, 1.54) is 6.07 Å². The van der Waals surface area contributed by atoms with Crippen molar-refractivity contribution in [3.05, 3.63) is 29.6 Å². The number of nitrogens with zero attached hydrogens (tertiary/aromatic N) is 1. The number of rotatable bonds is 5. The molecule has 3 unspecified atom stereocenters. The topological polar surface area (TPSA) is 35.5 Å². The molecule has 4 heteroatoms. The second kappa shape index (κ2) is 7.23. The van der Waals surface area contributed by atoms with Crippen LogP contribution in [0.5, 0.6) is 0 Å². The summed E-state index contributed by atoms with van der Waals surface area (Å²) in [6.45, 7) is 4.80. The average molecular weight is 294 g/mol. The van der Waals surface area contributed by atoms with Crippen LogP contribution in [0.15, 0.2) is 18.2 Å². The first-order chi connectivity index (χ1) is 10.1. The van der Waals surface area contributed by atoms with Crippen LogP contribution in [0.1, 0.15) is 51.1 Å². The lowest BCUT2D eigenvalue weighted by Gasteiger charge is -2.38. The van der Waals surface area contributed by atoms with Crippen molar-refractivity contribution in [1.82, 2.24) is 5.32 Å². The van der Waals surface area contributed by atoms with E-state index in [4.69, 9.17) is 0 Å². The van der Waals surface area contributed by atoms with Gasteiger partial charge in [0.05, 0.1) is 12.1 Å². The lowest BCUT2D eigenvalue weighted by Crippen LogP contribution is -2.44. The van der Waals surface area contributed by atoms with E-state index in [-0.39, 0.29) is 24.0 Å². The van der Waals surface area contributed by atoms with Gasteiger partial charge in [0.2, 0.25) is 0 Å². The number of halogens is 1. The van der Waals surface area contributed by atoms with E-state index in [1.807, 2.05) is 27.0 Å². The van der Waals surface area contributed by atoms with Crippen LogP contribution in [0, 0.1) is 5.82 Å². The Hall–Kier alpha value is -1.13. The molecule has 0 saturated heterocycles. The zero-order valence-electron chi connectivity index (χ0n) is 13.3. The minimum atomic E-state index is -0.325. The highest BCUT2D eigenvalue weighted by atomic mass is 19.1. The molecule has 0 heterocycles. The van der Waals surface area contributed by atoms with Gasteiger partial charge < -0.3 is 15.3 Å². The van der Waals surface area contributed by atoms with Gasteiger partial charge >= 0.3 is 0 Å². The Bertz CT molecular complexity index is 466. The molecule has 0 aromatic heterocycles. The van der Waals surface area contributed by atoms with Crippen LogP contribution in [0.3, 0.4) is 0 Å². The number of nitrogens with one attached hydrogen (secondary N) is 1. The Labute approximate surface area is 127 Å².